The summed E-state index contributed by atoms with van der Waals surface area (Å²) in [6, 6.07) is 2.08. The molecule has 3 heterocycles. The van der Waals surface area contributed by atoms with Gasteiger partial charge < -0.3 is 15.1 Å². The molecule has 3 rings (SSSR count). The zero-order valence-electron chi connectivity index (χ0n) is 11.0. The maximum Gasteiger partial charge on any atom is 0.225 e. The lowest BCUT2D eigenvalue weighted by atomic mass is 10.1. The van der Waals surface area contributed by atoms with Crippen molar-refractivity contribution < 1.29 is 0 Å². The van der Waals surface area contributed by atoms with Crippen LogP contribution in [-0.4, -0.2) is 61.2 Å². The minimum Gasteiger partial charge on any atom is -0.338 e. The number of hydrogen-bond acceptors (Lipinski definition) is 5. The molecular formula is C13H21N5. The number of nitrogens with one attached hydrogen (secondary N) is 1. The summed E-state index contributed by atoms with van der Waals surface area (Å²) in [5, 5.41) is 3.36. The fourth-order valence-corrected chi connectivity index (χ4v) is 2.78. The van der Waals surface area contributed by atoms with Crippen LogP contribution in [0.5, 0.6) is 0 Å². The summed E-state index contributed by atoms with van der Waals surface area (Å²) in [6.07, 6.45) is 3.13. The van der Waals surface area contributed by atoms with Gasteiger partial charge in [0, 0.05) is 44.8 Å². The fourth-order valence-electron chi connectivity index (χ4n) is 2.78. The number of likely N-dealkylation sites (N-methyl/N-ethyl adjacent to an activating group) is 1. The average molecular weight is 247 g/mol. The van der Waals surface area contributed by atoms with Crippen LogP contribution in [0.4, 0.5) is 5.95 Å². The van der Waals surface area contributed by atoms with Crippen LogP contribution >= 0.6 is 0 Å². The van der Waals surface area contributed by atoms with Gasteiger partial charge in [-0.05, 0) is 26.1 Å². The Kier molecular flexibility index (Phi) is 3.43. The lowest BCUT2D eigenvalue weighted by molar-refractivity contribution is 0.410. The second-order valence-electron chi connectivity index (χ2n) is 5.27. The molecule has 0 aromatic carbocycles. The van der Waals surface area contributed by atoms with Crippen LogP contribution in [0.3, 0.4) is 0 Å². The molecule has 1 N–H and O–H groups in total. The van der Waals surface area contributed by atoms with Crippen LogP contribution in [-0.2, 0) is 0 Å². The van der Waals surface area contributed by atoms with Gasteiger partial charge in [0.15, 0.2) is 0 Å². The molecule has 2 saturated heterocycles. The lowest BCUT2D eigenvalue weighted by Crippen LogP contribution is -2.44. The monoisotopic (exact) mass is 247 g/mol. The predicted octanol–water partition coefficient (Wildman–Crippen LogP) is 0.305. The molecule has 0 radical (unpaired) electrons. The van der Waals surface area contributed by atoms with E-state index >= 15 is 0 Å². The Balaban J connectivity index is 1.76. The first kappa shape index (κ1) is 11.9. The quantitative estimate of drug-likeness (QED) is 0.814. The summed E-state index contributed by atoms with van der Waals surface area (Å²) in [6.45, 7) is 6.37. The van der Waals surface area contributed by atoms with Gasteiger partial charge in [-0.3, -0.25) is 0 Å². The van der Waals surface area contributed by atoms with E-state index in [4.69, 9.17) is 4.98 Å². The number of rotatable bonds is 2. The molecule has 1 aromatic heterocycles. The molecule has 0 aliphatic carbocycles. The van der Waals surface area contributed by atoms with E-state index in [1.807, 2.05) is 6.20 Å². The Morgan fingerprint density at radius 2 is 2.11 bits per heavy atom. The molecule has 1 aromatic rings. The van der Waals surface area contributed by atoms with Crippen molar-refractivity contribution in [2.75, 3.05) is 51.2 Å². The van der Waals surface area contributed by atoms with Gasteiger partial charge in [-0.25, -0.2) is 9.97 Å². The Labute approximate surface area is 108 Å². The van der Waals surface area contributed by atoms with Gasteiger partial charge in [0.05, 0.1) is 5.69 Å². The first-order valence-corrected chi connectivity index (χ1v) is 6.80. The number of anilines is 1. The van der Waals surface area contributed by atoms with Gasteiger partial charge in [0.2, 0.25) is 5.95 Å². The molecule has 5 heteroatoms. The highest BCUT2D eigenvalue weighted by atomic mass is 15.3. The van der Waals surface area contributed by atoms with E-state index in [0.29, 0.717) is 5.92 Å². The van der Waals surface area contributed by atoms with Crippen molar-refractivity contribution in [3.05, 3.63) is 18.0 Å². The minimum atomic E-state index is 0.583. The minimum absolute atomic E-state index is 0.583. The number of aromatic nitrogens is 2. The van der Waals surface area contributed by atoms with Gasteiger partial charge in [-0.2, -0.15) is 0 Å². The molecule has 18 heavy (non-hydrogen) atoms. The van der Waals surface area contributed by atoms with Gasteiger partial charge in [0.25, 0.3) is 0 Å². The molecule has 2 aliphatic rings. The maximum absolute atomic E-state index is 4.77. The second-order valence-corrected chi connectivity index (χ2v) is 5.27. The van der Waals surface area contributed by atoms with Crippen molar-refractivity contribution in [1.29, 1.82) is 0 Å². The van der Waals surface area contributed by atoms with Gasteiger partial charge in [0.1, 0.15) is 0 Å². The van der Waals surface area contributed by atoms with Crippen LogP contribution in [0.15, 0.2) is 12.3 Å². The van der Waals surface area contributed by atoms with E-state index in [0.717, 1.165) is 38.7 Å². The molecule has 1 atom stereocenters. The molecule has 2 fully saturated rings. The smallest absolute Gasteiger partial charge is 0.225 e. The highest BCUT2D eigenvalue weighted by Crippen LogP contribution is 2.25. The topological polar surface area (TPSA) is 44.3 Å². The molecule has 0 bridgehead atoms. The molecule has 2 aliphatic heterocycles. The zero-order chi connectivity index (χ0) is 12.4. The van der Waals surface area contributed by atoms with Gasteiger partial charge >= 0.3 is 0 Å². The SMILES string of the molecule is CN1CCC(c2ccnc(N3CCNCC3)n2)C1. The largest absolute Gasteiger partial charge is 0.338 e. The van der Waals surface area contributed by atoms with E-state index in [9.17, 15) is 0 Å². The van der Waals surface area contributed by atoms with Crippen LogP contribution in [0.25, 0.3) is 0 Å². The first-order chi connectivity index (χ1) is 8.83. The van der Waals surface area contributed by atoms with Crippen molar-refractivity contribution in [2.45, 2.75) is 12.3 Å². The van der Waals surface area contributed by atoms with Crippen LogP contribution < -0.4 is 10.2 Å². The van der Waals surface area contributed by atoms with Crippen molar-refractivity contribution in [1.82, 2.24) is 20.2 Å². The van der Waals surface area contributed by atoms with E-state index in [1.54, 1.807) is 0 Å². The zero-order valence-corrected chi connectivity index (χ0v) is 11.0. The molecule has 0 amide bonds. The lowest BCUT2D eigenvalue weighted by Gasteiger charge is -2.27. The molecule has 5 nitrogen and oxygen atoms in total. The van der Waals surface area contributed by atoms with Crippen molar-refractivity contribution in [3.63, 3.8) is 0 Å². The van der Waals surface area contributed by atoms with E-state index in [1.165, 1.54) is 18.7 Å². The second kappa shape index (κ2) is 5.20. The summed E-state index contributed by atoms with van der Waals surface area (Å²) in [7, 11) is 2.18. The normalized spacial score (nSPS) is 25.6. The molecule has 98 valence electrons. The van der Waals surface area contributed by atoms with E-state index in [2.05, 4.69) is 33.2 Å². The Morgan fingerprint density at radius 3 is 2.83 bits per heavy atom. The molecule has 1 unspecified atom stereocenters. The number of piperazine rings is 1. The van der Waals surface area contributed by atoms with E-state index < -0.39 is 0 Å². The van der Waals surface area contributed by atoms with Crippen molar-refractivity contribution in [3.8, 4) is 0 Å². The molecule has 0 spiro atoms. The first-order valence-electron chi connectivity index (χ1n) is 6.80. The van der Waals surface area contributed by atoms with E-state index in [-0.39, 0.29) is 0 Å². The highest BCUT2D eigenvalue weighted by molar-refractivity contribution is 5.32. The third kappa shape index (κ3) is 2.47. The van der Waals surface area contributed by atoms with Gasteiger partial charge in [-0.15, -0.1) is 0 Å². The average Bonchev–Trinajstić information content (AvgIpc) is 2.87. The highest BCUT2D eigenvalue weighted by Gasteiger charge is 2.23. The number of likely N-dealkylation sites (tertiary alicyclic amines) is 1. The Bertz CT molecular complexity index is 382. The van der Waals surface area contributed by atoms with Crippen LogP contribution in [0.1, 0.15) is 18.0 Å². The fraction of sp³-hybridized carbons (Fsp3) is 0.692. The molecular weight excluding hydrogens is 226 g/mol. The standard InChI is InChI=1S/C13H21N5/c1-17-7-3-11(10-17)12-2-4-15-13(16-12)18-8-5-14-6-9-18/h2,4,11,14H,3,5-10H2,1H3. The summed E-state index contributed by atoms with van der Waals surface area (Å²) >= 11 is 0. The summed E-state index contributed by atoms with van der Waals surface area (Å²) in [5.74, 6) is 1.49. The predicted molar refractivity (Wildman–Crippen MR) is 72.0 cm³/mol. The maximum atomic E-state index is 4.77. The molecule has 0 saturated carbocycles. The Hall–Kier alpha value is -1.20. The third-order valence-corrected chi connectivity index (χ3v) is 3.87. The Morgan fingerprint density at radius 1 is 1.28 bits per heavy atom. The van der Waals surface area contributed by atoms with Gasteiger partial charge in [-0.1, -0.05) is 0 Å². The van der Waals surface area contributed by atoms with Crippen molar-refractivity contribution >= 4 is 5.95 Å². The summed E-state index contributed by atoms with van der Waals surface area (Å²) in [5.41, 5.74) is 1.21. The van der Waals surface area contributed by atoms with Crippen LogP contribution in [0.2, 0.25) is 0 Å². The number of nitrogens with zero attached hydrogens (tertiary/aromatic N) is 4. The summed E-state index contributed by atoms with van der Waals surface area (Å²) < 4.78 is 0. The third-order valence-electron chi connectivity index (χ3n) is 3.87. The van der Waals surface area contributed by atoms with Crippen LogP contribution in [0, 0.1) is 0 Å². The number of hydrogen-bond donors (Lipinski definition) is 1. The summed E-state index contributed by atoms with van der Waals surface area (Å²) in [4.78, 5) is 13.8. The van der Waals surface area contributed by atoms with Crippen molar-refractivity contribution in [2.24, 2.45) is 0 Å².